The zero-order valence-corrected chi connectivity index (χ0v) is 15.1. The summed E-state index contributed by atoms with van der Waals surface area (Å²) in [5, 5.41) is 0. The Kier molecular flexibility index (Phi) is 7.10. The summed E-state index contributed by atoms with van der Waals surface area (Å²) in [6, 6.07) is 8.80. The van der Waals surface area contributed by atoms with Gasteiger partial charge in [-0.15, -0.1) is 0 Å². The number of unbranched alkanes of at least 4 members (excludes halogenated alkanes) is 2. The van der Waals surface area contributed by atoms with Gasteiger partial charge in [0.2, 0.25) is 0 Å². The van der Waals surface area contributed by atoms with Crippen LogP contribution in [0.4, 0.5) is 0 Å². The van der Waals surface area contributed by atoms with Crippen LogP contribution in [-0.2, 0) is 6.54 Å². The van der Waals surface area contributed by atoms with Crippen molar-refractivity contribution in [3.8, 4) is 0 Å². The fourth-order valence-electron chi connectivity index (χ4n) is 3.17. The Balaban J connectivity index is 1.93. The third-order valence-electron chi connectivity index (χ3n) is 4.76. The standard InChI is InChI=1S/C20H32N2O/c1-4-5-6-15-22(17(2)3)16-18-9-11-19(12-10-18)20(23)21-13-7-8-14-21/h9-12,17H,4-8,13-16H2,1-3H3. The number of hydrogen-bond acceptors (Lipinski definition) is 2. The number of rotatable bonds is 8. The molecule has 0 bridgehead atoms. The number of carbonyl (C=O) groups is 1. The summed E-state index contributed by atoms with van der Waals surface area (Å²) >= 11 is 0. The van der Waals surface area contributed by atoms with Crippen molar-refractivity contribution in [3.63, 3.8) is 0 Å². The van der Waals surface area contributed by atoms with Crippen LogP contribution in [0.3, 0.4) is 0 Å². The highest BCUT2D eigenvalue weighted by Gasteiger charge is 2.19. The summed E-state index contributed by atoms with van der Waals surface area (Å²) in [5.41, 5.74) is 2.13. The summed E-state index contributed by atoms with van der Waals surface area (Å²) in [6.45, 7) is 10.7. The topological polar surface area (TPSA) is 23.6 Å². The van der Waals surface area contributed by atoms with Crippen LogP contribution in [-0.4, -0.2) is 41.4 Å². The number of amides is 1. The second-order valence-corrected chi connectivity index (χ2v) is 6.97. The number of nitrogens with zero attached hydrogens (tertiary/aromatic N) is 2. The van der Waals surface area contributed by atoms with Gasteiger partial charge in [-0.3, -0.25) is 9.69 Å². The molecule has 3 heteroatoms. The second kappa shape index (κ2) is 9.07. The van der Waals surface area contributed by atoms with E-state index in [-0.39, 0.29) is 5.91 Å². The minimum absolute atomic E-state index is 0.192. The van der Waals surface area contributed by atoms with Crippen molar-refractivity contribution in [3.05, 3.63) is 35.4 Å². The molecule has 0 aromatic heterocycles. The van der Waals surface area contributed by atoms with Crippen LogP contribution in [0.1, 0.15) is 68.8 Å². The van der Waals surface area contributed by atoms with Gasteiger partial charge < -0.3 is 4.90 Å². The lowest BCUT2D eigenvalue weighted by Gasteiger charge is -2.26. The van der Waals surface area contributed by atoms with Crippen LogP contribution in [0, 0.1) is 0 Å². The van der Waals surface area contributed by atoms with Crippen molar-refractivity contribution in [1.29, 1.82) is 0 Å². The van der Waals surface area contributed by atoms with Gasteiger partial charge in [-0.1, -0.05) is 31.9 Å². The molecule has 0 saturated carbocycles. The summed E-state index contributed by atoms with van der Waals surface area (Å²) in [7, 11) is 0. The minimum atomic E-state index is 0.192. The van der Waals surface area contributed by atoms with Gasteiger partial charge in [0.05, 0.1) is 0 Å². The Morgan fingerprint density at radius 3 is 2.35 bits per heavy atom. The maximum absolute atomic E-state index is 12.4. The van der Waals surface area contributed by atoms with E-state index in [1.165, 1.54) is 24.8 Å². The number of hydrogen-bond donors (Lipinski definition) is 0. The monoisotopic (exact) mass is 316 g/mol. The van der Waals surface area contributed by atoms with Crippen molar-refractivity contribution >= 4 is 5.91 Å². The molecule has 0 aliphatic carbocycles. The van der Waals surface area contributed by atoms with Crippen LogP contribution in [0.2, 0.25) is 0 Å². The van der Waals surface area contributed by atoms with Crippen molar-refractivity contribution in [2.45, 2.75) is 65.5 Å². The highest BCUT2D eigenvalue weighted by atomic mass is 16.2. The zero-order chi connectivity index (χ0) is 16.7. The van der Waals surface area contributed by atoms with Gasteiger partial charge in [0.25, 0.3) is 5.91 Å². The van der Waals surface area contributed by atoms with Gasteiger partial charge in [0.1, 0.15) is 0 Å². The molecule has 1 fully saturated rings. The molecule has 1 aromatic carbocycles. The highest BCUT2D eigenvalue weighted by Crippen LogP contribution is 2.15. The van der Waals surface area contributed by atoms with Gasteiger partial charge in [-0.2, -0.15) is 0 Å². The lowest BCUT2D eigenvalue weighted by Crippen LogP contribution is -2.31. The summed E-state index contributed by atoms with van der Waals surface area (Å²) in [4.78, 5) is 16.9. The molecule has 1 aromatic rings. The van der Waals surface area contributed by atoms with Gasteiger partial charge in [0, 0.05) is 31.2 Å². The van der Waals surface area contributed by atoms with Crippen LogP contribution >= 0.6 is 0 Å². The Morgan fingerprint density at radius 2 is 1.78 bits per heavy atom. The van der Waals surface area contributed by atoms with Gasteiger partial charge in [-0.25, -0.2) is 0 Å². The molecule has 3 nitrogen and oxygen atoms in total. The van der Waals surface area contributed by atoms with Gasteiger partial charge in [0.15, 0.2) is 0 Å². The highest BCUT2D eigenvalue weighted by molar-refractivity contribution is 5.94. The smallest absolute Gasteiger partial charge is 0.253 e. The van der Waals surface area contributed by atoms with E-state index in [2.05, 4.69) is 37.8 Å². The molecular formula is C20H32N2O. The predicted molar refractivity (Wildman–Crippen MR) is 96.7 cm³/mol. The van der Waals surface area contributed by atoms with Crippen LogP contribution in [0.25, 0.3) is 0 Å². The maximum Gasteiger partial charge on any atom is 0.253 e. The molecule has 2 rings (SSSR count). The van der Waals surface area contributed by atoms with E-state index in [1.54, 1.807) is 0 Å². The van der Waals surface area contributed by atoms with E-state index in [0.29, 0.717) is 6.04 Å². The SMILES string of the molecule is CCCCCN(Cc1ccc(C(=O)N2CCCC2)cc1)C(C)C. The average molecular weight is 316 g/mol. The largest absolute Gasteiger partial charge is 0.339 e. The predicted octanol–water partition coefficient (Wildman–Crippen LogP) is 4.32. The molecule has 0 atom stereocenters. The van der Waals surface area contributed by atoms with Crippen molar-refractivity contribution in [2.24, 2.45) is 0 Å². The fourth-order valence-corrected chi connectivity index (χ4v) is 3.17. The zero-order valence-electron chi connectivity index (χ0n) is 15.1. The third-order valence-corrected chi connectivity index (χ3v) is 4.76. The summed E-state index contributed by atoms with van der Waals surface area (Å²) in [5.74, 6) is 0.192. The van der Waals surface area contributed by atoms with Crippen molar-refractivity contribution < 1.29 is 4.79 Å². The first-order chi connectivity index (χ1) is 11.1. The van der Waals surface area contributed by atoms with E-state index in [4.69, 9.17) is 0 Å². The van der Waals surface area contributed by atoms with Crippen LogP contribution in [0.5, 0.6) is 0 Å². The Labute approximate surface area is 141 Å². The average Bonchev–Trinajstić information content (AvgIpc) is 3.08. The molecule has 0 unspecified atom stereocenters. The second-order valence-electron chi connectivity index (χ2n) is 6.97. The summed E-state index contributed by atoms with van der Waals surface area (Å²) < 4.78 is 0. The quantitative estimate of drug-likeness (QED) is 0.667. The third kappa shape index (κ3) is 5.35. The van der Waals surface area contributed by atoms with E-state index in [0.717, 1.165) is 44.6 Å². The van der Waals surface area contributed by atoms with Crippen molar-refractivity contribution in [1.82, 2.24) is 9.80 Å². The minimum Gasteiger partial charge on any atom is -0.339 e. The first-order valence-corrected chi connectivity index (χ1v) is 9.24. The molecule has 1 aliphatic rings. The molecular weight excluding hydrogens is 284 g/mol. The lowest BCUT2D eigenvalue weighted by atomic mass is 10.1. The number of benzene rings is 1. The van der Waals surface area contributed by atoms with E-state index < -0.39 is 0 Å². The molecule has 1 heterocycles. The van der Waals surface area contributed by atoms with Gasteiger partial charge in [-0.05, 0) is 57.4 Å². The molecule has 0 radical (unpaired) electrons. The Bertz CT molecular complexity index is 475. The first kappa shape index (κ1) is 18.0. The number of carbonyl (C=O) groups excluding carboxylic acids is 1. The first-order valence-electron chi connectivity index (χ1n) is 9.24. The van der Waals surface area contributed by atoms with Gasteiger partial charge >= 0.3 is 0 Å². The van der Waals surface area contributed by atoms with E-state index in [1.807, 2.05) is 17.0 Å². The van der Waals surface area contributed by atoms with E-state index in [9.17, 15) is 4.79 Å². The van der Waals surface area contributed by atoms with Crippen LogP contribution < -0.4 is 0 Å². The van der Waals surface area contributed by atoms with Crippen molar-refractivity contribution in [2.75, 3.05) is 19.6 Å². The molecule has 23 heavy (non-hydrogen) atoms. The molecule has 0 N–H and O–H groups in total. The molecule has 1 saturated heterocycles. The molecule has 1 aliphatic heterocycles. The molecule has 128 valence electrons. The summed E-state index contributed by atoms with van der Waals surface area (Å²) in [6.07, 6.45) is 6.11. The molecule has 0 spiro atoms. The van der Waals surface area contributed by atoms with E-state index >= 15 is 0 Å². The normalized spacial score (nSPS) is 14.9. The molecule has 1 amide bonds. The Morgan fingerprint density at radius 1 is 1.13 bits per heavy atom. The van der Waals surface area contributed by atoms with Crippen LogP contribution in [0.15, 0.2) is 24.3 Å². The fraction of sp³-hybridized carbons (Fsp3) is 0.650. The lowest BCUT2D eigenvalue weighted by molar-refractivity contribution is 0.0793. The Hall–Kier alpha value is -1.35. The maximum atomic E-state index is 12.4. The number of likely N-dealkylation sites (tertiary alicyclic amines) is 1.